The van der Waals surface area contributed by atoms with Gasteiger partial charge in [-0.25, -0.2) is 0 Å². The number of rotatable bonds is 6. The molecule has 0 unspecified atom stereocenters. The van der Waals surface area contributed by atoms with Crippen molar-refractivity contribution >= 4 is 31.8 Å². The molecule has 0 saturated heterocycles. The van der Waals surface area contributed by atoms with Crippen molar-refractivity contribution < 1.29 is 21.2 Å². The third kappa shape index (κ3) is 5.06. The Hall–Kier alpha value is -3.79. The molecule has 42 heavy (non-hydrogen) atoms. The van der Waals surface area contributed by atoms with Crippen LogP contribution in [0, 0.1) is 11.3 Å². The quantitative estimate of drug-likeness (QED) is 0.125. The zero-order chi connectivity index (χ0) is 29.3. The predicted octanol–water partition coefficient (Wildman–Crippen LogP) is 6.62. The van der Waals surface area contributed by atoms with E-state index in [4.69, 9.17) is 5.73 Å². The normalized spacial score (nSPS) is 14.3. The molecule has 1 aliphatic rings. The Morgan fingerprint density at radius 1 is 0.833 bits per heavy atom. The predicted molar refractivity (Wildman–Crippen MR) is 174 cm³/mol. The van der Waals surface area contributed by atoms with Crippen LogP contribution in [0.25, 0.3) is 31.2 Å². The summed E-state index contributed by atoms with van der Waals surface area (Å²) in [4.78, 5) is 2.41. The number of allylic oxidation sites excluding steroid dienone is 2. The Labute approximate surface area is 263 Å². The van der Waals surface area contributed by atoms with E-state index in [9.17, 15) is 5.26 Å². The van der Waals surface area contributed by atoms with Crippen LogP contribution in [-0.4, -0.2) is 4.43 Å². The van der Waals surface area contributed by atoms with Crippen LogP contribution in [0.1, 0.15) is 48.6 Å². The fraction of sp³-hybridized carbons (Fsp3) is 0.132. The fourth-order valence-electron chi connectivity index (χ4n) is 5.86. The molecule has 0 spiro atoms. The van der Waals surface area contributed by atoms with Crippen LogP contribution < -0.4 is 26.9 Å². The molecular formula is C38H32IN2S-. The number of alkyl halides is 1. The molecule has 0 aromatic heterocycles. The van der Waals surface area contributed by atoms with Crippen molar-refractivity contribution in [1.29, 1.82) is 5.26 Å². The van der Waals surface area contributed by atoms with Gasteiger partial charge in [0, 0.05) is 0 Å². The Balaban J connectivity index is 1.51. The zero-order valence-electron chi connectivity index (χ0n) is 24.0. The minimum absolute atomic E-state index is 0.100. The summed E-state index contributed by atoms with van der Waals surface area (Å²) < 4.78 is 2.56. The molecule has 1 heterocycles. The number of nitrogens with two attached hydrogens (primary N) is 1. The van der Waals surface area contributed by atoms with Crippen LogP contribution in [0.3, 0.4) is 0 Å². The molecule has 0 aliphatic carbocycles. The molecule has 0 radical (unpaired) electrons. The first kappa shape index (κ1) is 28.3. The fourth-order valence-corrected chi connectivity index (χ4v) is 9.47. The van der Waals surface area contributed by atoms with E-state index >= 15 is 0 Å². The summed E-state index contributed by atoms with van der Waals surface area (Å²) in [6.45, 7) is 6.81. The van der Waals surface area contributed by atoms with Gasteiger partial charge in [-0.05, 0) is 11.6 Å². The molecule has 5 aromatic carbocycles. The van der Waals surface area contributed by atoms with Gasteiger partial charge in [-0.2, -0.15) is 0 Å². The Kier molecular flexibility index (Phi) is 7.98. The average Bonchev–Trinajstić information content (AvgIpc) is 3.02. The van der Waals surface area contributed by atoms with Gasteiger partial charge < -0.3 is 0 Å². The van der Waals surface area contributed by atoms with Gasteiger partial charge in [0.2, 0.25) is 0 Å². The molecule has 0 atom stereocenters. The van der Waals surface area contributed by atoms with Crippen LogP contribution in [0.15, 0.2) is 125 Å². The minimum atomic E-state index is -0.174. The number of fused-ring (bicyclic) bond motifs is 3. The van der Waals surface area contributed by atoms with Crippen LogP contribution in [-0.2, 0) is 5.41 Å². The molecule has 0 fully saturated rings. The monoisotopic (exact) mass is 675 g/mol. The summed E-state index contributed by atoms with van der Waals surface area (Å²) in [5.41, 5.74) is 15.0. The summed E-state index contributed by atoms with van der Waals surface area (Å²) in [7, 11) is 0. The second-order valence-corrected chi connectivity index (χ2v) is 15.3. The van der Waals surface area contributed by atoms with E-state index in [0.717, 1.165) is 38.1 Å². The summed E-state index contributed by atoms with van der Waals surface area (Å²) in [6.07, 6.45) is 4.28. The van der Waals surface area contributed by atoms with Crippen molar-refractivity contribution in [2.75, 3.05) is 4.43 Å². The van der Waals surface area contributed by atoms with Gasteiger partial charge in [0.1, 0.15) is 0 Å². The molecule has 2 N–H and O–H groups in total. The zero-order valence-corrected chi connectivity index (χ0v) is 27.0. The number of nitriles is 1. The molecule has 0 amide bonds. The molecule has 2 nitrogen and oxygen atoms in total. The van der Waals surface area contributed by atoms with Gasteiger partial charge in [-0.3, -0.25) is 0 Å². The van der Waals surface area contributed by atoms with Crippen molar-refractivity contribution in [3.8, 4) is 17.2 Å². The second-order valence-electron chi connectivity index (χ2n) is 10.8. The molecule has 6 rings (SSSR count). The topological polar surface area (TPSA) is 49.8 Å². The number of halogens is 1. The van der Waals surface area contributed by atoms with Crippen molar-refractivity contribution in [3.63, 3.8) is 0 Å². The van der Waals surface area contributed by atoms with E-state index < -0.39 is 0 Å². The summed E-state index contributed by atoms with van der Waals surface area (Å²) in [6, 6.07) is 38.6. The first-order chi connectivity index (χ1) is 20.4. The molecule has 1 aliphatic heterocycles. The average molecular weight is 676 g/mol. The number of benzene rings is 5. The summed E-state index contributed by atoms with van der Waals surface area (Å²) in [5, 5.41) is 12.5. The van der Waals surface area contributed by atoms with Crippen LogP contribution >= 0.6 is 11.8 Å². The third-order valence-electron chi connectivity index (χ3n) is 7.96. The maximum absolute atomic E-state index is 10.3. The molecule has 5 aromatic rings. The van der Waals surface area contributed by atoms with Crippen LogP contribution in [0.2, 0.25) is 0 Å². The van der Waals surface area contributed by atoms with Crippen LogP contribution in [0.4, 0.5) is 0 Å². The van der Waals surface area contributed by atoms with Gasteiger partial charge in [0.25, 0.3) is 0 Å². The first-order valence-electron chi connectivity index (χ1n) is 14.1. The van der Waals surface area contributed by atoms with Crippen LogP contribution in [0.5, 0.6) is 0 Å². The van der Waals surface area contributed by atoms with E-state index in [1.54, 1.807) is 11.8 Å². The molecular weight excluding hydrogens is 643 g/mol. The SMILES string of the molecule is CC[I-]/C(=C\C=C(/N)c1cccc2c(-c3c(C#N)ccc4c3Sc3ccccc3C4(C)C)cccc12)c1ccccc1. The molecule has 4 heteroatoms. The molecule has 0 saturated carbocycles. The number of nitrogens with zero attached hydrogens (tertiary/aromatic N) is 1. The van der Waals surface area contributed by atoms with E-state index in [2.05, 4.69) is 136 Å². The van der Waals surface area contributed by atoms with Gasteiger partial charge in [-0.15, -0.1) is 0 Å². The first-order valence-corrected chi connectivity index (χ1v) is 17.6. The number of hydrogen-bond donors (Lipinski definition) is 1. The van der Waals surface area contributed by atoms with Gasteiger partial charge >= 0.3 is 221 Å². The third-order valence-corrected chi connectivity index (χ3v) is 11.7. The van der Waals surface area contributed by atoms with Gasteiger partial charge in [0.05, 0.1) is 0 Å². The van der Waals surface area contributed by atoms with E-state index in [-0.39, 0.29) is 26.6 Å². The Morgan fingerprint density at radius 3 is 2.36 bits per heavy atom. The van der Waals surface area contributed by atoms with Gasteiger partial charge in [0.15, 0.2) is 0 Å². The van der Waals surface area contributed by atoms with Gasteiger partial charge in [-0.1, -0.05) is 32.0 Å². The van der Waals surface area contributed by atoms with Crippen molar-refractivity contribution in [2.24, 2.45) is 5.73 Å². The second kappa shape index (κ2) is 11.8. The maximum atomic E-state index is 10.3. The van der Waals surface area contributed by atoms with E-state index in [1.165, 1.54) is 29.6 Å². The van der Waals surface area contributed by atoms with E-state index in [0.29, 0.717) is 5.56 Å². The Bertz CT molecular complexity index is 1910. The summed E-state index contributed by atoms with van der Waals surface area (Å²) >= 11 is 1.68. The van der Waals surface area contributed by atoms with Crippen molar-refractivity contribution in [3.05, 3.63) is 143 Å². The summed E-state index contributed by atoms with van der Waals surface area (Å²) in [5.74, 6) is 0. The van der Waals surface area contributed by atoms with E-state index in [1.807, 2.05) is 6.07 Å². The van der Waals surface area contributed by atoms with Crippen molar-refractivity contribution in [2.45, 2.75) is 36.0 Å². The van der Waals surface area contributed by atoms with Crippen molar-refractivity contribution in [1.82, 2.24) is 0 Å². The molecule has 208 valence electrons. The standard InChI is InChI=1S/C38H32IN2S/c1-4-39-33(25-12-6-5-7-13-25)22-23-34(41)29-16-10-15-28-27(29)14-11-17-30(28)36-26(24-40)20-21-32-37(36)42-35-19-9-8-18-31(35)38(32,2)3/h5-23H,4,41H2,1-3H3/q-1/b33-22-,34-23-. The number of hydrogen-bond acceptors (Lipinski definition) is 3. The molecule has 0 bridgehead atoms. The Morgan fingerprint density at radius 2 is 1.57 bits per heavy atom.